The number of esters is 4. The summed E-state index contributed by atoms with van der Waals surface area (Å²) in [5, 5.41) is 0. The zero-order chi connectivity index (χ0) is 22.4. The SMILES string of the molecule is CC(C)(C)OC(=O)CCCOC(=O)C1C2CC3C(OC(=O)C31)C2OC(=O)C(C)(F)F. The van der Waals surface area contributed by atoms with E-state index in [1.54, 1.807) is 20.8 Å². The molecule has 0 amide bonds. The summed E-state index contributed by atoms with van der Waals surface area (Å²) in [6.07, 6.45) is -1.27. The molecule has 1 aliphatic heterocycles. The molecule has 6 atom stereocenters. The minimum Gasteiger partial charge on any atom is -0.465 e. The van der Waals surface area contributed by atoms with Gasteiger partial charge in [0.25, 0.3) is 0 Å². The van der Waals surface area contributed by atoms with Gasteiger partial charge in [-0.15, -0.1) is 0 Å². The molecule has 30 heavy (non-hydrogen) atoms. The molecule has 3 rings (SSSR count). The number of alkyl halides is 2. The van der Waals surface area contributed by atoms with Crippen molar-refractivity contribution in [2.45, 2.75) is 70.7 Å². The van der Waals surface area contributed by atoms with Crippen LogP contribution in [0.15, 0.2) is 0 Å². The highest BCUT2D eigenvalue weighted by molar-refractivity contribution is 5.86. The molecule has 8 nitrogen and oxygen atoms in total. The molecule has 3 aliphatic rings. The van der Waals surface area contributed by atoms with E-state index in [0.717, 1.165) is 0 Å². The minimum absolute atomic E-state index is 0.0562. The highest BCUT2D eigenvalue weighted by atomic mass is 19.3. The number of ether oxygens (including phenoxy) is 4. The van der Waals surface area contributed by atoms with Crippen LogP contribution in [0.4, 0.5) is 8.78 Å². The van der Waals surface area contributed by atoms with E-state index < -0.39 is 65.4 Å². The molecule has 0 aromatic rings. The first kappa shape index (κ1) is 22.4. The summed E-state index contributed by atoms with van der Waals surface area (Å²) in [5.74, 6) is -9.77. The third-order valence-electron chi connectivity index (χ3n) is 5.61. The van der Waals surface area contributed by atoms with Gasteiger partial charge in [-0.25, -0.2) is 4.79 Å². The summed E-state index contributed by atoms with van der Waals surface area (Å²) < 4.78 is 47.1. The summed E-state index contributed by atoms with van der Waals surface area (Å²) in [5.41, 5.74) is -0.613. The molecule has 0 radical (unpaired) electrons. The van der Waals surface area contributed by atoms with Crippen LogP contribution in [-0.4, -0.2) is 54.2 Å². The van der Waals surface area contributed by atoms with Gasteiger partial charge in [0.15, 0.2) is 0 Å². The number of hydrogen-bond acceptors (Lipinski definition) is 8. The molecule has 2 bridgehead atoms. The van der Waals surface area contributed by atoms with Gasteiger partial charge in [-0.3, -0.25) is 14.4 Å². The van der Waals surface area contributed by atoms with Crippen LogP contribution < -0.4 is 0 Å². The molecule has 1 saturated heterocycles. The van der Waals surface area contributed by atoms with Gasteiger partial charge in [0.05, 0.1) is 18.4 Å². The second-order valence-corrected chi connectivity index (χ2v) is 9.13. The first-order chi connectivity index (χ1) is 13.8. The first-order valence-electron chi connectivity index (χ1n) is 9.97. The maximum atomic E-state index is 13.2. The predicted molar refractivity (Wildman–Crippen MR) is 95.0 cm³/mol. The molecule has 0 spiro atoms. The Balaban J connectivity index is 1.57. The Hall–Kier alpha value is -2.26. The number of carbonyl (C=O) groups is 4. The maximum absolute atomic E-state index is 13.2. The number of halogens is 2. The predicted octanol–water partition coefficient (Wildman–Crippen LogP) is 2.03. The van der Waals surface area contributed by atoms with Gasteiger partial charge in [0, 0.05) is 25.2 Å². The molecule has 2 aliphatic carbocycles. The average molecular weight is 432 g/mol. The zero-order valence-electron chi connectivity index (χ0n) is 17.3. The normalized spacial score (nSPS) is 32.0. The number of hydrogen-bond donors (Lipinski definition) is 0. The summed E-state index contributed by atoms with van der Waals surface area (Å²) in [4.78, 5) is 48.2. The first-order valence-corrected chi connectivity index (χ1v) is 9.97. The van der Waals surface area contributed by atoms with Gasteiger partial charge < -0.3 is 18.9 Å². The van der Waals surface area contributed by atoms with Crippen LogP contribution in [-0.2, 0) is 38.1 Å². The van der Waals surface area contributed by atoms with Crippen LogP contribution >= 0.6 is 0 Å². The monoisotopic (exact) mass is 432 g/mol. The Labute approximate surface area is 172 Å². The molecule has 0 N–H and O–H groups in total. The van der Waals surface area contributed by atoms with Crippen molar-refractivity contribution in [2.75, 3.05) is 6.61 Å². The van der Waals surface area contributed by atoms with Crippen molar-refractivity contribution in [3.63, 3.8) is 0 Å². The number of carbonyl (C=O) groups excluding carboxylic acids is 4. The Morgan fingerprint density at radius 3 is 2.40 bits per heavy atom. The summed E-state index contributed by atoms with van der Waals surface area (Å²) in [6, 6.07) is 0. The smallest absolute Gasteiger partial charge is 0.377 e. The van der Waals surface area contributed by atoms with E-state index in [4.69, 9.17) is 18.9 Å². The quantitative estimate of drug-likeness (QED) is 0.342. The fourth-order valence-corrected chi connectivity index (χ4v) is 4.57. The van der Waals surface area contributed by atoms with Crippen molar-refractivity contribution in [3.8, 4) is 0 Å². The Morgan fingerprint density at radius 2 is 1.80 bits per heavy atom. The summed E-state index contributed by atoms with van der Waals surface area (Å²) >= 11 is 0. The fourth-order valence-electron chi connectivity index (χ4n) is 4.57. The van der Waals surface area contributed by atoms with Gasteiger partial charge in [0.1, 0.15) is 17.8 Å². The number of rotatable bonds is 7. The lowest BCUT2D eigenvalue weighted by atomic mass is 9.78. The van der Waals surface area contributed by atoms with E-state index in [9.17, 15) is 28.0 Å². The number of fused-ring (bicyclic) bond motifs is 1. The molecule has 10 heteroatoms. The Kier molecular flexibility index (Phi) is 5.81. The van der Waals surface area contributed by atoms with E-state index in [0.29, 0.717) is 13.3 Å². The van der Waals surface area contributed by atoms with Gasteiger partial charge in [-0.1, -0.05) is 0 Å². The van der Waals surface area contributed by atoms with Crippen molar-refractivity contribution >= 4 is 23.9 Å². The Bertz CT molecular complexity index is 738. The van der Waals surface area contributed by atoms with E-state index in [1.165, 1.54) is 0 Å². The highest BCUT2D eigenvalue weighted by Gasteiger charge is 2.70. The van der Waals surface area contributed by atoms with E-state index in [1.807, 2.05) is 0 Å². The third-order valence-corrected chi connectivity index (χ3v) is 5.61. The lowest BCUT2D eigenvalue weighted by molar-refractivity contribution is -0.186. The van der Waals surface area contributed by atoms with Crippen LogP contribution in [0.2, 0.25) is 0 Å². The second-order valence-electron chi connectivity index (χ2n) is 9.13. The van der Waals surface area contributed by atoms with Crippen molar-refractivity contribution in [1.82, 2.24) is 0 Å². The molecule has 168 valence electrons. The lowest BCUT2D eigenvalue weighted by Crippen LogP contribution is -2.45. The van der Waals surface area contributed by atoms with Gasteiger partial charge >= 0.3 is 29.8 Å². The molecular formula is C20H26F2O8. The van der Waals surface area contributed by atoms with Gasteiger partial charge in [0.2, 0.25) is 0 Å². The molecular weight excluding hydrogens is 406 g/mol. The van der Waals surface area contributed by atoms with E-state index in [2.05, 4.69) is 0 Å². The van der Waals surface area contributed by atoms with Crippen molar-refractivity contribution in [2.24, 2.45) is 23.7 Å². The van der Waals surface area contributed by atoms with Crippen molar-refractivity contribution < 1.29 is 46.9 Å². The minimum atomic E-state index is -3.69. The van der Waals surface area contributed by atoms with Crippen LogP contribution in [0.3, 0.4) is 0 Å². The van der Waals surface area contributed by atoms with Crippen molar-refractivity contribution in [1.29, 1.82) is 0 Å². The molecule has 0 aromatic carbocycles. The van der Waals surface area contributed by atoms with Crippen molar-refractivity contribution in [3.05, 3.63) is 0 Å². The van der Waals surface area contributed by atoms with Gasteiger partial charge in [-0.05, 0) is 33.6 Å². The zero-order valence-corrected chi connectivity index (χ0v) is 17.3. The lowest BCUT2D eigenvalue weighted by Gasteiger charge is -2.30. The third kappa shape index (κ3) is 4.41. The van der Waals surface area contributed by atoms with Crippen LogP contribution in [0.5, 0.6) is 0 Å². The molecule has 0 aromatic heterocycles. The highest BCUT2D eigenvalue weighted by Crippen LogP contribution is 2.59. The second kappa shape index (κ2) is 7.77. The molecule has 2 saturated carbocycles. The molecule has 3 fully saturated rings. The Morgan fingerprint density at radius 1 is 1.13 bits per heavy atom. The standard InChI is InChI=1S/C20H26F2O8/c1-19(2,3)30-11(23)6-5-7-27-16(24)12-9-8-10-13(12)17(25)28-14(10)15(9)29-18(26)20(4,21)22/h9-10,12-15H,5-8H2,1-4H3. The van der Waals surface area contributed by atoms with Crippen LogP contribution in [0.1, 0.15) is 47.0 Å². The van der Waals surface area contributed by atoms with Gasteiger partial charge in [-0.2, -0.15) is 8.78 Å². The topological polar surface area (TPSA) is 105 Å². The fraction of sp³-hybridized carbons (Fsp3) is 0.800. The molecule has 6 unspecified atom stereocenters. The van der Waals surface area contributed by atoms with E-state index in [-0.39, 0.29) is 25.4 Å². The average Bonchev–Trinajstić information content (AvgIpc) is 3.19. The maximum Gasteiger partial charge on any atom is 0.377 e. The van der Waals surface area contributed by atoms with Crippen LogP contribution in [0, 0.1) is 23.7 Å². The van der Waals surface area contributed by atoms with Crippen LogP contribution in [0.25, 0.3) is 0 Å². The van der Waals surface area contributed by atoms with E-state index >= 15 is 0 Å². The molecule has 1 heterocycles. The largest absolute Gasteiger partial charge is 0.465 e. The summed E-state index contributed by atoms with van der Waals surface area (Å²) in [6.45, 7) is 5.58. The summed E-state index contributed by atoms with van der Waals surface area (Å²) in [7, 11) is 0.